The smallest absolute Gasteiger partial charge is 0.177 e. The molecular formula is C22H25N5O. The highest BCUT2D eigenvalue weighted by Crippen LogP contribution is 2.34. The number of hydrogen-bond acceptors (Lipinski definition) is 5. The van der Waals surface area contributed by atoms with Gasteiger partial charge in [-0.3, -0.25) is 9.69 Å². The van der Waals surface area contributed by atoms with Gasteiger partial charge in [0.15, 0.2) is 11.5 Å². The molecule has 5 rings (SSSR count). The van der Waals surface area contributed by atoms with Gasteiger partial charge >= 0.3 is 0 Å². The number of aryl methyl sites for hydroxylation is 1. The van der Waals surface area contributed by atoms with Crippen molar-refractivity contribution in [3.8, 4) is 0 Å². The molecule has 0 spiro atoms. The summed E-state index contributed by atoms with van der Waals surface area (Å²) in [6, 6.07) is 13.0. The molecule has 0 unspecified atom stereocenters. The van der Waals surface area contributed by atoms with Crippen LogP contribution in [0, 0.1) is 6.92 Å². The minimum atomic E-state index is 0.394. The van der Waals surface area contributed by atoms with E-state index in [4.69, 9.17) is 5.10 Å². The zero-order valence-corrected chi connectivity index (χ0v) is 16.2. The van der Waals surface area contributed by atoms with Gasteiger partial charge in [0.1, 0.15) is 5.78 Å². The number of aromatic nitrogens is 4. The third kappa shape index (κ3) is 3.33. The number of carbonyl (C=O) groups is 1. The van der Waals surface area contributed by atoms with Gasteiger partial charge in [0, 0.05) is 25.3 Å². The van der Waals surface area contributed by atoms with Gasteiger partial charge in [0.25, 0.3) is 0 Å². The molecule has 3 aromatic rings. The van der Waals surface area contributed by atoms with Crippen molar-refractivity contribution < 1.29 is 4.79 Å². The van der Waals surface area contributed by atoms with E-state index in [0.717, 1.165) is 62.5 Å². The molecule has 2 aliphatic rings. The van der Waals surface area contributed by atoms with Crippen molar-refractivity contribution in [2.24, 2.45) is 0 Å². The predicted octanol–water partition coefficient (Wildman–Crippen LogP) is 3.26. The normalized spacial score (nSPS) is 19.2. The van der Waals surface area contributed by atoms with E-state index in [1.54, 1.807) is 0 Å². The number of likely N-dealkylation sites (tertiary alicyclic amines) is 1. The van der Waals surface area contributed by atoms with Crippen molar-refractivity contribution in [3.63, 3.8) is 0 Å². The molecule has 6 nitrogen and oxygen atoms in total. The monoisotopic (exact) mass is 375 g/mol. The van der Waals surface area contributed by atoms with Crippen LogP contribution in [-0.4, -0.2) is 43.6 Å². The number of nitrogens with zero attached hydrogens (tertiary/aromatic N) is 5. The standard InChI is InChI=1S/C22H25N5O/c1-15-23-24-22-7-6-21(25-27(15)22)18-8-10-26(11-9-18)14-16-2-4-17(5-3-16)19-12-20(28)13-19/h2-7,18-19H,8-14H2,1H3. The Hall–Kier alpha value is -2.60. The Balaban J connectivity index is 1.18. The summed E-state index contributed by atoms with van der Waals surface area (Å²) in [6.45, 7) is 5.11. The van der Waals surface area contributed by atoms with Gasteiger partial charge in [-0.25, -0.2) is 0 Å². The lowest BCUT2D eigenvalue weighted by Gasteiger charge is -2.31. The Labute approximate surface area is 164 Å². The number of hydrogen-bond donors (Lipinski definition) is 0. The van der Waals surface area contributed by atoms with E-state index in [1.807, 2.05) is 17.5 Å². The minimum Gasteiger partial charge on any atom is -0.300 e. The van der Waals surface area contributed by atoms with Crippen LogP contribution in [0.25, 0.3) is 5.65 Å². The van der Waals surface area contributed by atoms with Crippen molar-refractivity contribution in [1.82, 2.24) is 24.7 Å². The molecule has 2 aromatic heterocycles. The highest BCUT2D eigenvalue weighted by molar-refractivity contribution is 5.86. The summed E-state index contributed by atoms with van der Waals surface area (Å²) in [4.78, 5) is 13.7. The van der Waals surface area contributed by atoms with Crippen molar-refractivity contribution in [2.75, 3.05) is 13.1 Å². The molecule has 6 heteroatoms. The summed E-state index contributed by atoms with van der Waals surface area (Å²) in [6.07, 6.45) is 3.70. The summed E-state index contributed by atoms with van der Waals surface area (Å²) in [5.41, 5.74) is 4.63. The fourth-order valence-electron chi connectivity index (χ4n) is 4.39. The van der Waals surface area contributed by atoms with Gasteiger partial charge in [-0.15, -0.1) is 10.2 Å². The molecule has 1 aromatic carbocycles. The number of piperidine rings is 1. The van der Waals surface area contributed by atoms with Gasteiger partial charge in [-0.1, -0.05) is 24.3 Å². The average molecular weight is 375 g/mol. The Kier molecular flexibility index (Phi) is 4.43. The third-order valence-electron chi connectivity index (χ3n) is 6.25. The van der Waals surface area contributed by atoms with Gasteiger partial charge in [0.2, 0.25) is 0 Å². The Morgan fingerprint density at radius 3 is 2.43 bits per heavy atom. The van der Waals surface area contributed by atoms with E-state index >= 15 is 0 Å². The lowest BCUT2D eigenvalue weighted by Crippen LogP contribution is -2.32. The van der Waals surface area contributed by atoms with E-state index in [2.05, 4.69) is 45.4 Å². The average Bonchev–Trinajstić information content (AvgIpc) is 3.07. The van der Waals surface area contributed by atoms with E-state index in [0.29, 0.717) is 17.6 Å². The molecule has 1 aliphatic heterocycles. The van der Waals surface area contributed by atoms with Crippen LogP contribution in [0.2, 0.25) is 0 Å². The first-order valence-electron chi connectivity index (χ1n) is 10.2. The molecule has 0 atom stereocenters. The maximum absolute atomic E-state index is 11.2. The summed E-state index contributed by atoms with van der Waals surface area (Å²) < 4.78 is 1.85. The van der Waals surface area contributed by atoms with Crippen molar-refractivity contribution >= 4 is 11.4 Å². The van der Waals surface area contributed by atoms with E-state index in [-0.39, 0.29) is 0 Å². The fourth-order valence-corrected chi connectivity index (χ4v) is 4.39. The zero-order valence-electron chi connectivity index (χ0n) is 16.2. The first-order chi connectivity index (χ1) is 13.7. The van der Waals surface area contributed by atoms with E-state index in [1.165, 1.54) is 11.1 Å². The molecule has 1 saturated heterocycles. The molecule has 0 amide bonds. The Morgan fingerprint density at radius 1 is 0.964 bits per heavy atom. The first-order valence-corrected chi connectivity index (χ1v) is 10.2. The summed E-state index contributed by atoms with van der Waals surface area (Å²) in [5.74, 6) is 2.19. The van der Waals surface area contributed by atoms with Crippen LogP contribution in [0.15, 0.2) is 36.4 Å². The lowest BCUT2D eigenvalue weighted by atomic mass is 9.79. The maximum Gasteiger partial charge on any atom is 0.177 e. The maximum atomic E-state index is 11.2. The SMILES string of the molecule is Cc1nnc2ccc(C3CCN(Cc4ccc(C5CC(=O)C5)cc4)CC3)nn12. The van der Waals surface area contributed by atoms with E-state index in [9.17, 15) is 4.79 Å². The molecule has 1 saturated carbocycles. The van der Waals surface area contributed by atoms with Gasteiger partial charge in [0.05, 0.1) is 5.69 Å². The van der Waals surface area contributed by atoms with Crippen molar-refractivity contribution in [2.45, 2.75) is 51.0 Å². The van der Waals surface area contributed by atoms with Gasteiger partial charge in [-0.05, 0) is 62.0 Å². The van der Waals surface area contributed by atoms with Gasteiger partial charge in [-0.2, -0.15) is 9.61 Å². The molecular weight excluding hydrogens is 350 g/mol. The predicted molar refractivity (Wildman–Crippen MR) is 106 cm³/mol. The molecule has 0 N–H and O–H groups in total. The summed E-state index contributed by atoms with van der Waals surface area (Å²) in [5, 5.41) is 13.0. The number of rotatable bonds is 4. The minimum absolute atomic E-state index is 0.394. The number of fused-ring (bicyclic) bond motifs is 1. The fraction of sp³-hybridized carbons (Fsp3) is 0.455. The summed E-state index contributed by atoms with van der Waals surface area (Å²) >= 11 is 0. The topological polar surface area (TPSA) is 63.4 Å². The second-order valence-electron chi connectivity index (χ2n) is 8.21. The molecule has 28 heavy (non-hydrogen) atoms. The van der Waals surface area contributed by atoms with Crippen LogP contribution in [0.3, 0.4) is 0 Å². The largest absolute Gasteiger partial charge is 0.300 e. The van der Waals surface area contributed by atoms with Crippen LogP contribution < -0.4 is 0 Å². The van der Waals surface area contributed by atoms with Crippen LogP contribution in [0.1, 0.15) is 60.2 Å². The molecule has 1 aliphatic carbocycles. The van der Waals surface area contributed by atoms with Crippen LogP contribution in [-0.2, 0) is 11.3 Å². The zero-order chi connectivity index (χ0) is 19.1. The Morgan fingerprint density at radius 2 is 1.71 bits per heavy atom. The van der Waals surface area contributed by atoms with Crippen LogP contribution in [0.4, 0.5) is 0 Å². The highest BCUT2D eigenvalue weighted by atomic mass is 16.1. The molecule has 0 bridgehead atoms. The second-order valence-corrected chi connectivity index (χ2v) is 8.21. The molecule has 0 radical (unpaired) electrons. The second kappa shape index (κ2) is 7.09. The number of carbonyl (C=O) groups excluding carboxylic acids is 1. The highest BCUT2D eigenvalue weighted by Gasteiger charge is 2.27. The Bertz CT molecular complexity index is 993. The van der Waals surface area contributed by atoms with Crippen molar-refractivity contribution in [3.05, 3.63) is 59.0 Å². The number of ketones is 1. The van der Waals surface area contributed by atoms with Crippen LogP contribution >= 0.6 is 0 Å². The lowest BCUT2D eigenvalue weighted by molar-refractivity contribution is -0.124. The first kappa shape index (κ1) is 17.5. The number of benzene rings is 1. The molecule has 2 fully saturated rings. The van der Waals surface area contributed by atoms with Crippen LogP contribution in [0.5, 0.6) is 0 Å². The quantitative estimate of drug-likeness (QED) is 0.700. The third-order valence-corrected chi connectivity index (χ3v) is 6.25. The molecule has 144 valence electrons. The number of Topliss-reactive ketones (excluding diaryl/α,β-unsaturated/α-hetero) is 1. The summed E-state index contributed by atoms with van der Waals surface area (Å²) in [7, 11) is 0. The van der Waals surface area contributed by atoms with Crippen molar-refractivity contribution in [1.29, 1.82) is 0 Å². The van der Waals surface area contributed by atoms with Gasteiger partial charge < -0.3 is 0 Å². The molecule has 3 heterocycles. The van der Waals surface area contributed by atoms with E-state index < -0.39 is 0 Å².